The molecule has 5 heteroatoms. The van der Waals surface area contributed by atoms with E-state index < -0.39 is 0 Å². The predicted molar refractivity (Wildman–Crippen MR) is 48.6 cm³/mol. The summed E-state index contributed by atoms with van der Waals surface area (Å²) < 4.78 is 2.80. The van der Waals surface area contributed by atoms with Gasteiger partial charge in [0.2, 0.25) is 0 Å². The minimum Gasteiger partial charge on any atom is -0.325 e. The third-order valence-electron chi connectivity index (χ3n) is 1.63. The van der Waals surface area contributed by atoms with Gasteiger partial charge in [-0.1, -0.05) is 0 Å². The highest BCUT2D eigenvalue weighted by molar-refractivity contribution is 9.10. The molecule has 62 valence electrons. The molecule has 0 amide bonds. The Morgan fingerprint density at radius 1 is 1.58 bits per heavy atom. The van der Waals surface area contributed by atoms with Crippen molar-refractivity contribution >= 4 is 21.6 Å². The molecule has 4 nitrogen and oxygen atoms in total. The first kappa shape index (κ1) is 7.70. The molecule has 2 aromatic heterocycles. The zero-order chi connectivity index (χ0) is 8.55. The molecule has 2 heterocycles. The van der Waals surface area contributed by atoms with E-state index in [2.05, 4.69) is 25.9 Å². The van der Waals surface area contributed by atoms with Crippen molar-refractivity contribution in [2.45, 2.75) is 6.54 Å². The van der Waals surface area contributed by atoms with E-state index >= 15 is 0 Å². The molecule has 0 aliphatic rings. The first-order chi connectivity index (χ1) is 5.83. The highest BCUT2D eigenvalue weighted by atomic mass is 79.9. The Hall–Kier alpha value is -0.940. The van der Waals surface area contributed by atoms with Gasteiger partial charge in [0, 0.05) is 18.9 Å². The third kappa shape index (κ3) is 1.02. The third-order valence-corrected chi connectivity index (χ3v) is 2.47. The van der Waals surface area contributed by atoms with Crippen molar-refractivity contribution in [3.8, 4) is 0 Å². The van der Waals surface area contributed by atoms with E-state index in [1.54, 1.807) is 12.4 Å². The number of rotatable bonds is 1. The lowest BCUT2D eigenvalue weighted by molar-refractivity contribution is 1.000. The van der Waals surface area contributed by atoms with Crippen LogP contribution in [0.4, 0.5) is 0 Å². The number of hydrogen-bond acceptors (Lipinski definition) is 3. The lowest BCUT2D eigenvalue weighted by Gasteiger charge is -1.91. The van der Waals surface area contributed by atoms with E-state index in [1.807, 2.05) is 10.6 Å². The molecule has 0 bridgehead atoms. The van der Waals surface area contributed by atoms with Gasteiger partial charge in [0.25, 0.3) is 0 Å². The number of nitrogens with two attached hydrogens (primary N) is 1. The molecule has 0 fully saturated rings. The molecule has 2 rings (SSSR count). The first-order valence-corrected chi connectivity index (χ1v) is 4.28. The van der Waals surface area contributed by atoms with E-state index in [1.165, 1.54) is 0 Å². The highest BCUT2D eigenvalue weighted by Gasteiger charge is 2.06. The molecule has 0 saturated carbocycles. The number of fused-ring (bicyclic) bond motifs is 1. The molecule has 0 aliphatic heterocycles. The van der Waals surface area contributed by atoms with Crippen LogP contribution in [0, 0.1) is 0 Å². The van der Waals surface area contributed by atoms with Crippen LogP contribution in [0.15, 0.2) is 23.2 Å². The normalized spacial score (nSPS) is 10.8. The van der Waals surface area contributed by atoms with Gasteiger partial charge in [-0.15, -0.1) is 0 Å². The zero-order valence-corrected chi connectivity index (χ0v) is 7.82. The minimum absolute atomic E-state index is 0.433. The summed E-state index contributed by atoms with van der Waals surface area (Å²) in [5.41, 5.74) is 7.15. The number of nitrogens with zero attached hydrogens (tertiary/aromatic N) is 3. The van der Waals surface area contributed by atoms with Crippen LogP contribution in [-0.4, -0.2) is 14.4 Å². The molecule has 0 aromatic carbocycles. The number of halogens is 1. The van der Waals surface area contributed by atoms with Crippen molar-refractivity contribution in [3.05, 3.63) is 28.9 Å². The second-order valence-corrected chi connectivity index (χ2v) is 3.11. The molecule has 0 atom stereocenters. The van der Waals surface area contributed by atoms with Crippen LogP contribution in [0.2, 0.25) is 0 Å². The Kier molecular flexibility index (Phi) is 1.82. The standard InChI is InChI=1S/C7H7BrN4/c8-7-5(3-9)11-6-4-10-1-2-12(6)7/h1-2,4H,3,9H2. The molecule has 2 N–H and O–H groups in total. The van der Waals surface area contributed by atoms with Crippen LogP contribution in [0.3, 0.4) is 0 Å². The summed E-state index contributed by atoms with van der Waals surface area (Å²) in [6.45, 7) is 0.433. The second-order valence-electron chi connectivity index (χ2n) is 2.36. The number of hydrogen-bond donors (Lipinski definition) is 1. The molecule has 0 unspecified atom stereocenters. The molecular weight excluding hydrogens is 220 g/mol. The van der Waals surface area contributed by atoms with Gasteiger partial charge >= 0.3 is 0 Å². The van der Waals surface area contributed by atoms with E-state index in [0.717, 1.165) is 15.9 Å². The maximum absolute atomic E-state index is 5.49. The van der Waals surface area contributed by atoms with Gasteiger partial charge in [0.15, 0.2) is 5.65 Å². The Balaban J connectivity index is 2.78. The van der Waals surface area contributed by atoms with Crippen LogP contribution < -0.4 is 5.73 Å². The fourth-order valence-electron chi connectivity index (χ4n) is 1.06. The van der Waals surface area contributed by atoms with Gasteiger partial charge < -0.3 is 5.73 Å². The molecular formula is C7H7BrN4. The summed E-state index contributed by atoms with van der Waals surface area (Å²) in [4.78, 5) is 8.22. The maximum Gasteiger partial charge on any atom is 0.156 e. The number of aromatic nitrogens is 3. The highest BCUT2D eigenvalue weighted by Crippen LogP contribution is 2.16. The lowest BCUT2D eigenvalue weighted by Crippen LogP contribution is -1.96. The summed E-state index contributed by atoms with van der Waals surface area (Å²) in [7, 11) is 0. The molecule has 0 aliphatic carbocycles. The fourth-order valence-corrected chi connectivity index (χ4v) is 1.61. The van der Waals surface area contributed by atoms with Gasteiger partial charge in [-0.25, -0.2) is 4.98 Å². The van der Waals surface area contributed by atoms with Crippen molar-refractivity contribution in [2.24, 2.45) is 5.73 Å². The van der Waals surface area contributed by atoms with Gasteiger partial charge in [-0.05, 0) is 15.9 Å². The zero-order valence-electron chi connectivity index (χ0n) is 6.24. The van der Waals surface area contributed by atoms with Crippen molar-refractivity contribution < 1.29 is 0 Å². The van der Waals surface area contributed by atoms with Crippen LogP contribution >= 0.6 is 15.9 Å². The molecule has 12 heavy (non-hydrogen) atoms. The SMILES string of the molecule is NCc1nc2cnccn2c1Br. The van der Waals surface area contributed by atoms with E-state index in [0.29, 0.717) is 6.54 Å². The van der Waals surface area contributed by atoms with Gasteiger partial charge in [-0.2, -0.15) is 0 Å². The lowest BCUT2D eigenvalue weighted by atomic mass is 10.5. The number of imidazole rings is 1. The summed E-state index contributed by atoms with van der Waals surface area (Å²) in [6.07, 6.45) is 5.25. The van der Waals surface area contributed by atoms with Gasteiger partial charge in [-0.3, -0.25) is 9.38 Å². The largest absolute Gasteiger partial charge is 0.325 e. The molecule has 0 saturated heterocycles. The Bertz CT molecular complexity index is 409. The average Bonchev–Trinajstić information content (AvgIpc) is 2.44. The van der Waals surface area contributed by atoms with Crippen molar-refractivity contribution in [1.29, 1.82) is 0 Å². The van der Waals surface area contributed by atoms with Gasteiger partial charge in [0.1, 0.15) is 4.60 Å². The maximum atomic E-state index is 5.49. The summed E-state index contributed by atoms with van der Waals surface area (Å²) in [5, 5.41) is 0. The van der Waals surface area contributed by atoms with E-state index in [4.69, 9.17) is 5.73 Å². The predicted octanol–water partition coefficient (Wildman–Crippen LogP) is 0.950. The van der Waals surface area contributed by atoms with Crippen molar-refractivity contribution in [2.75, 3.05) is 0 Å². The summed E-state index contributed by atoms with van der Waals surface area (Å²) >= 11 is 3.40. The van der Waals surface area contributed by atoms with E-state index in [9.17, 15) is 0 Å². The first-order valence-electron chi connectivity index (χ1n) is 3.49. The van der Waals surface area contributed by atoms with Crippen LogP contribution in [0.5, 0.6) is 0 Å². The fraction of sp³-hybridized carbons (Fsp3) is 0.143. The Morgan fingerprint density at radius 3 is 3.08 bits per heavy atom. The monoisotopic (exact) mass is 226 g/mol. The van der Waals surface area contributed by atoms with Crippen LogP contribution in [0.25, 0.3) is 5.65 Å². The van der Waals surface area contributed by atoms with Crippen LogP contribution in [-0.2, 0) is 6.54 Å². The second kappa shape index (κ2) is 2.84. The Labute approximate surface area is 77.6 Å². The molecule has 2 aromatic rings. The topological polar surface area (TPSA) is 56.2 Å². The van der Waals surface area contributed by atoms with Gasteiger partial charge in [0.05, 0.1) is 11.9 Å². The van der Waals surface area contributed by atoms with Crippen molar-refractivity contribution in [1.82, 2.24) is 14.4 Å². The van der Waals surface area contributed by atoms with E-state index in [-0.39, 0.29) is 0 Å². The summed E-state index contributed by atoms with van der Waals surface area (Å²) in [5.74, 6) is 0. The molecule has 0 spiro atoms. The Morgan fingerprint density at radius 2 is 2.42 bits per heavy atom. The summed E-state index contributed by atoms with van der Waals surface area (Å²) in [6, 6.07) is 0. The average molecular weight is 227 g/mol. The minimum atomic E-state index is 0.433. The van der Waals surface area contributed by atoms with Crippen molar-refractivity contribution in [3.63, 3.8) is 0 Å². The quantitative estimate of drug-likeness (QED) is 0.788. The van der Waals surface area contributed by atoms with Crippen LogP contribution in [0.1, 0.15) is 5.69 Å². The molecule has 0 radical (unpaired) electrons. The smallest absolute Gasteiger partial charge is 0.156 e.